The van der Waals surface area contributed by atoms with Crippen LogP contribution < -0.4 is 10.2 Å². The molecule has 0 fully saturated rings. The van der Waals surface area contributed by atoms with Gasteiger partial charge in [0.2, 0.25) is 0 Å². The van der Waals surface area contributed by atoms with E-state index in [1.165, 1.54) is 0 Å². The summed E-state index contributed by atoms with van der Waals surface area (Å²) in [5.41, 5.74) is 5.08. The Morgan fingerprint density at radius 1 is 1.05 bits per heavy atom. The van der Waals surface area contributed by atoms with Crippen LogP contribution in [-0.4, -0.2) is 18.7 Å². The number of nitrogens with zero attached hydrogens (tertiary/aromatic N) is 1. The predicted molar refractivity (Wildman–Crippen MR) is 88.3 cm³/mol. The Labute approximate surface area is 130 Å². The van der Waals surface area contributed by atoms with Crippen molar-refractivity contribution in [1.29, 1.82) is 0 Å². The van der Waals surface area contributed by atoms with Crippen LogP contribution in [0.2, 0.25) is 0 Å². The van der Waals surface area contributed by atoms with Gasteiger partial charge in [-0.1, -0.05) is 43.7 Å². The van der Waals surface area contributed by atoms with Gasteiger partial charge in [0, 0.05) is 5.56 Å². The first-order chi connectivity index (χ1) is 10.7. The molecule has 2 aromatic rings. The first-order valence-corrected chi connectivity index (χ1v) is 7.31. The fourth-order valence-electron chi connectivity index (χ4n) is 2.06. The topological polar surface area (TPSA) is 50.7 Å². The Morgan fingerprint density at radius 3 is 2.32 bits per heavy atom. The molecule has 0 atom stereocenters. The maximum Gasteiger partial charge on any atom is 0.271 e. The number of carbonyl (C=O) groups is 1. The van der Waals surface area contributed by atoms with E-state index in [-0.39, 0.29) is 5.91 Å². The highest BCUT2D eigenvalue weighted by molar-refractivity contribution is 6.02. The molecule has 1 amide bonds. The van der Waals surface area contributed by atoms with E-state index in [2.05, 4.69) is 17.5 Å². The normalized spacial score (nSPS) is 11.1. The van der Waals surface area contributed by atoms with Crippen molar-refractivity contribution in [3.63, 3.8) is 0 Å². The average Bonchev–Trinajstić information content (AvgIpc) is 2.59. The molecule has 0 heterocycles. The summed E-state index contributed by atoms with van der Waals surface area (Å²) in [6, 6.07) is 16.8. The summed E-state index contributed by atoms with van der Waals surface area (Å²) in [5.74, 6) is 0.489. The highest BCUT2D eigenvalue weighted by atomic mass is 16.5. The Bertz CT molecular complexity index is 634. The van der Waals surface area contributed by atoms with Gasteiger partial charge in [-0.25, -0.2) is 5.43 Å². The van der Waals surface area contributed by atoms with Crippen molar-refractivity contribution in [2.75, 3.05) is 7.11 Å². The van der Waals surface area contributed by atoms with Gasteiger partial charge in [-0.2, -0.15) is 5.10 Å². The molecule has 0 spiro atoms. The van der Waals surface area contributed by atoms with Gasteiger partial charge in [0.25, 0.3) is 5.91 Å². The molecular weight excluding hydrogens is 276 g/mol. The molecule has 0 saturated heterocycles. The monoisotopic (exact) mass is 296 g/mol. The molecule has 0 radical (unpaired) electrons. The molecule has 1 N–H and O–H groups in total. The number of ether oxygens (including phenoxy) is 1. The molecule has 0 saturated carbocycles. The maximum absolute atomic E-state index is 12.1. The lowest BCUT2D eigenvalue weighted by molar-refractivity contribution is 0.0954. The van der Waals surface area contributed by atoms with Gasteiger partial charge < -0.3 is 4.74 Å². The molecule has 4 heteroatoms. The molecule has 0 aromatic heterocycles. The third-order valence-corrected chi connectivity index (χ3v) is 3.24. The number of benzene rings is 2. The fourth-order valence-corrected chi connectivity index (χ4v) is 2.06. The minimum absolute atomic E-state index is 0.229. The van der Waals surface area contributed by atoms with Crippen LogP contribution in [0.5, 0.6) is 5.75 Å². The second kappa shape index (κ2) is 7.98. The fraction of sp³-hybridized carbons (Fsp3) is 0.222. The molecule has 2 rings (SSSR count). The maximum atomic E-state index is 12.1. The molecule has 2 aromatic carbocycles. The van der Waals surface area contributed by atoms with Crippen molar-refractivity contribution >= 4 is 11.6 Å². The number of methoxy groups -OCH3 is 1. The second-order valence-corrected chi connectivity index (χ2v) is 4.84. The summed E-state index contributed by atoms with van der Waals surface area (Å²) in [5, 5.41) is 4.29. The van der Waals surface area contributed by atoms with Crippen molar-refractivity contribution in [1.82, 2.24) is 5.43 Å². The van der Waals surface area contributed by atoms with Gasteiger partial charge in [0.15, 0.2) is 0 Å². The molecule has 0 unspecified atom stereocenters. The molecule has 22 heavy (non-hydrogen) atoms. The minimum atomic E-state index is -0.229. The Morgan fingerprint density at radius 2 is 1.73 bits per heavy atom. The van der Waals surface area contributed by atoms with Crippen LogP contribution in [0.4, 0.5) is 0 Å². The highest BCUT2D eigenvalue weighted by Gasteiger charge is 2.07. The largest absolute Gasteiger partial charge is 0.497 e. The average molecular weight is 296 g/mol. The van der Waals surface area contributed by atoms with Crippen molar-refractivity contribution in [2.45, 2.75) is 19.8 Å². The minimum Gasteiger partial charge on any atom is -0.497 e. The Kier molecular flexibility index (Phi) is 5.72. The third kappa shape index (κ3) is 4.19. The van der Waals surface area contributed by atoms with E-state index >= 15 is 0 Å². The van der Waals surface area contributed by atoms with Gasteiger partial charge in [-0.3, -0.25) is 4.79 Å². The summed E-state index contributed by atoms with van der Waals surface area (Å²) < 4.78 is 5.08. The van der Waals surface area contributed by atoms with E-state index in [0.717, 1.165) is 29.9 Å². The van der Waals surface area contributed by atoms with E-state index in [9.17, 15) is 4.79 Å². The number of nitrogens with one attached hydrogen (secondary N) is 1. The number of hydrogen-bond acceptors (Lipinski definition) is 3. The van der Waals surface area contributed by atoms with Crippen molar-refractivity contribution in [3.05, 3.63) is 65.7 Å². The number of hydrogen-bond donors (Lipinski definition) is 1. The van der Waals surface area contributed by atoms with Crippen molar-refractivity contribution in [3.8, 4) is 5.75 Å². The summed E-state index contributed by atoms with van der Waals surface area (Å²) in [6.07, 6.45) is 1.78. The van der Waals surface area contributed by atoms with Crippen LogP contribution in [0.3, 0.4) is 0 Å². The van der Waals surface area contributed by atoms with E-state index in [1.54, 1.807) is 31.4 Å². The molecule has 0 aliphatic rings. The molecular formula is C18H20N2O2. The van der Waals surface area contributed by atoms with E-state index in [0.29, 0.717) is 5.56 Å². The SMILES string of the molecule is CCC/C(=N\NC(=O)c1ccc(OC)cc1)c1ccccc1. The lowest BCUT2D eigenvalue weighted by Gasteiger charge is -2.07. The summed E-state index contributed by atoms with van der Waals surface area (Å²) in [6.45, 7) is 2.09. The van der Waals surface area contributed by atoms with Crippen LogP contribution in [0.1, 0.15) is 35.7 Å². The van der Waals surface area contributed by atoms with Crippen LogP contribution in [0.25, 0.3) is 0 Å². The quantitative estimate of drug-likeness (QED) is 0.653. The molecule has 0 bridgehead atoms. The van der Waals surface area contributed by atoms with Crippen LogP contribution in [-0.2, 0) is 0 Å². The summed E-state index contributed by atoms with van der Waals surface area (Å²) in [7, 11) is 1.59. The number of carbonyl (C=O) groups excluding carboxylic acids is 1. The summed E-state index contributed by atoms with van der Waals surface area (Å²) >= 11 is 0. The van der Waals surface area contributed by atoms with Gasteiger partial charge >= 0.3 is 0 Å². The van der Waals surface area contributed by atoms with Gasteiger partial charge in [-0.15, -0.1) is 0 Å². The van der Waals surface area contributed by atoms with Gasteiger partial charge in [-0.05, 0) is 36.2 Å². The molecule has 0 aliphatic carbocycles. The van der Waals surface area contributed by atoms with Crippen LogP contribution in [0, 0.1) is 0 Å². The van der Waals surface area contributed by atoms with E-state index in [4.69, 9.17) is 4.74 Å². The van der Waals surface area contributed by atoms with Crippen LogP contribution in [0.15, 0.2) is 59.7 Å². The van der Waals surface area contributed by atoms with Gasteiger partial charge in [0.1, 0.15) is 5.75 Å². The van der Waals surface area contributed by atoms with Gasteiger partial charge in [0.05, 0.1) is 12.8 Å². The summed E-state index contributed by atoms with van der Waals surface area (Å²) in [4.78, 5) is 12.1. The van der Waals surface area contributed by atoms with Crippen molar-refractivity contribution < 1.29 is 9.53 Å². The first-order valence-electron chi connectivity index (χ1n) is 7.31. The lowest BCUT2D eigenvalue weighted by Crippen LogP contribution is -2.20. The smallest absolute Gasteiger partial charge is 0.271 e. The molecule has 4 nitrogen and oxygen atoms in total. The second-order valence-electron chi connectivity index (χ2n) is 4.84. The van der Waals surface area contributed by atoms with E-state index < -0.39 is 0 Å². The number of rotatable bonds is 6. The molecule has 114 valence electrons. The lowest BCUT2D eigenvalue weighted by atomic mass is 10.1. The third-order valence-electron chi connectivity index (χ3n) is 3.24. The number of amides is 1. The Balaban J connectivity index is 2.11. The zero-order valence-electron chi connectivity index (χ0n) is 12.9. The van der Waals surface area contributed by atoms with Crippen LogP contribution >= 0.6 is 0 Å². The number of hydrazone groups is 1. The van der Waals surface area contributed by atoms with E-state index in [1.807, 2.05) is 30.3 Å². The Hall–Kier alpha value is -2.62. The zero-order valence-corrected chi connectivity index (χ0v) is 12.9. The molecule has 0 aliphatic heterocycles. The predicted octanol–water partition coefficient (Wildman–Crippen LogP) is 3.63. The first kappa shape index (κ1) is 15.8. The van der Waals surface area contributed by atoms with Crippen molar-refractivity contribution in [2.24, 2.45) is 5.10 Å². The highest BCUT2D eigenvalue weighted by Crippen LogP contribution is 2.11. The standard InChI is InChI=1S/C18H20N2O2/c1-3-7-17(14-8-5-4-6-9-14)19-20-18(21)15-10-12-16(22-2)13-11-15/h4-6,8-13H,3,7H2,1-2H3,(H,20,21)/b19-17+. The zero-order chi connectivity index (χ0) is 15.8.